The van der Waals surface area contributed by atoms with Crippen LogP contribution in [0.4, 0.5) is 0 Å². The van der Waals surface area contributed by atoms with Gasteiger partial charge in [-0.15, -0.1) is 0 Å². The fourth-order valence-corrected chi connectivity index (χ4v) is 1.20. The van der Waals surface area contributed by atoms with Crippen molar-refractivity contribution in [3.8, 4) is 5.75 Å². The Morgan fingerprint density at radius 1 is 1.25 bits per heavy atom. The average Bonchev–Trinajstić information content (AvgIpc) is 2.26. The summed E-state index contributed by atoms with van der Waals surface area (Å²) >= 11 is 0. The molecular formula is C13H22N2O. The van der Waals surface area contributed by atoms with Crippen LogP contribution < -0.4 is 10.5 Å². The van der Waals surface area contributed by atoms with Gasteiger partial charge in [0.25, 0.3) is 0 Å². The van der Waals surface area contributed by atoms with E-state index in [4.69, 9.17) is 10.5 Å². The summed E-state index contributed by atoms with van der Waals surface area (Å²) in [6.45, 7) is 5.46. The van der Waals surface area contributed by atoms with Crippen molar-refractivity contribution in [2.45, 2.75) is 25.9 Å². The van der Waals surface area contributed by atoms with E-state index >= 15 is 0 Å². The highest BCUT2D eigenvalue weighted by Crippen LogP contribution is 2.19. The number of benzene rings is 1. The van der Waals surface area contributed by atoms with Crippen LogP contribution in [0.5, 0.6) is 5.75 Å². The molecule has 0 aromatic heterocycles. The van der Waals surface area contributed by atoms with Gasteiger partial charge < -0.3 is 15.4 Å². The van der Waals surface area contributed by atoms with Crippen LogP contribution in [-0.2, 0) is 6.54 Å². The van der Waals surface area contributed by atoms with Gasteiger partial charge in [-0.25, -0.2) is 0 Å². The van der Waals surface area contributed by atoms with Crippen molar-refractivity contribution < 1.29 is 4.74 Å². The number of hydrogen-bond donors (Lipinski definition) is 1. The summed E-state index contributed by atoms with van der Waals surface area (Å²) in [5.41, 5.74) is 6.73. The van der Waals surface area contributed by atoms with Crippen LogP contribution in [0.1, 0.15) is 19.4 Å². The summed E-state index contributed by atoms with van der Waals surface area (Å²) < 4.78 is 5.83. The van der Waals surface area contributed by atoms with E-state index in [1.807, 2.05) is 24.3 Å². The van der Waals surface area contributed by atoms with E-state index in [0.29, 0.717) is 13.2 Å². The molecule has 0 amide bonds. The summed E-state index contributed by atoms with van der Waals surface area (Å²) in [5, 5.41) is 0. The minimum Gasteiger partial charge on any atom is -0.491 e. The largest absolute Gasteiger partial charge is 0.491 e. The Morgan fingerprint density at radius 2 is 1.88 bits per heavy atom. The molecule has 0 aliphatic rings. The molecular weight excluding hydrogens is 200 g/mol. The van der Waals surface area contributed by atoms with Crippen LogP contribution >= 0.6 is 0 Å². The lowest BCUT2D eigenvalue weighted by Crippen LogP contribution is -2.43. The van der Waals surface area contributed by atoms with Gasteiger partial charge >= 0.3 is 0 Å². The smallest absolute Gasteiger partial charge is 0.123 e. The number of para-hydroxylation sites is 1. The van der Waals surface area contributed by atoms with E-state index in [0.717, 1.165) is 11.3 Å². The average molecular weight is 222 g/mol. The normalized spacial score (nSPS) is 11.9. The predicted molar refractivity (Wildman–Crippen MR) is 67.6 cm³/mol. The highest BCUT2D eigenvalue weighted by molar-refractivity contribution is 5.33. The Kier molecular flexibility index (Phi) is 4.33. The maximum atomic E-state index is 5.83. The molecule has 0 aliphatic carbocycles. The van der Waals surface area contributed by atoms with Crippen molar-refractivity contribution >= 4 is 0 Å². The lowest BCUT2D eigenvalue weighted by atomic mass is 10.1. The first-order valence-corrected chi connectivity index (χ1v) is 5.55. The molecule has 0 unspecified atom stereocenters. The Labute approximate surface area is 98.2 Å². The third-order valence-corrected chi connectivity index (χ3v) is 2.98. The van der Waals surface area contributed by atoms with E-state index in [1.165, 1.54) is 0 Å². The first-order chi connectivity index (χ1) is 7.47. The molecule has 1 rings (SSSR count). The molecule has 3 nitrogen and oxygen atoms in total. The number of hydrogen-bond acceptors (Lipinski definition) is 3. The van der Waals surface area contributed by atoms with Crippen molar-refractivity contribution in [2.75, 3.05) is 20.7 Å². The van der Waals surface area contributed by atoms with Crippen molar-refractivity contribution in [3.05, 3.63) is 29.8 Å². The molecule has 0 heterocycles. The highest BCUT2D eigenvalue weighted by atomic mass is 16.5. The molecule has 1 aromatic rings. The minimum atomic E-state index is 0.0156. The van der Waals surface area contributed by atoms with Crippen molar-refractivity contribution in [1.29, 1.82) is 0 Å². The number of rotatable bonds is 5. The van der Waals surface area contributed by atoms with Crippen LogP contribution in [0.2, 0.25) is 0 Å². The summed E-state index contributed by atoms with van der Waals surface area (Å²) in [6.07, 6.45) is 0. The third-order valence-electron chi connectivity index (χ3n) is 2.98. The van der Waals surface area contributed by atoms with Crippen LogP contribution in [0.3, 0.4) is 0 Å². The van der Waals surface area contributed by atoms with E-state index in [9.17, 15) is 0 Å². The Bertz CT molecular complexity index is 334. The lowest BCUT2D eigenvalue weighted by Gasteiger charge is -2.32. The Morgan fingerprint density at radius 3 is 2.44 bits per heavy atom. The number of ether oxygens (including phenoxy) is 1. The van der Waals surface area contributed by atoms with Gasteiger partial charge in [-0.1, -0.05) is 18.2 Å². The number of nitrogens with two attached hydrogens (primary N) is 1. The maximum Gasteiger partial charge on any atom is 0.123 e. The van der Waals surface area contributed by atoms with Gasteiger partial charge in [0.1, 0.15) is 12.4 Å². The van der Waals surface area contributed by atoms with Gasteiger partial charge in [-0.3, -0.25) is 0 Å². The number of likely N-dealkylation sites (N-methyl/N-ethyl adjacent to an activating group) is 1. The van der Waals surface area contributed by atoms with Crippen molar-refractivity contribution in [3.63, 3.8) is 0 Å². The molecule has 0 aliphatic heterocycles. The van der Waals surface area contributed by atoms with Gasteiger partial charge in [-0.05, 0) is 34.0 Å². The van der Waals surface area contributed by atoms with E-state index < -0.39 is 0 Å². The molecule has 0 atom stereocenters. The maximum absolute atomic E-state index is 5.83. The van der Waals surface area contributed by atoms with Crippen LogP contribution in [0.15, 0.2) is 24.3 Å². The fraction of sp³-hybridized carbons (Fsp3) is 0.538. The first kappa shape index (κ1) is 13.0. The number of nitrogens with zero attached hydrogens (tertiary/aromatic N) is 1. The summed E-state index contributed by atoms with van der Waals surface area (Å²) in [6, 6.07) is 7.91. The quantitative estimate of drug-likeness (QED) is 0.826. The second-order valence-electron chi connectivity index (χ2n) is 4.81. The molecule has 2 N–H and O–H groups in total. The van der Waals surface area contributed by atoms with Gasteiger partial charge in [0, 0.05) is 17.6 Å². The molecule has 0 saturated carbocycles. The predicted octanol–water partition coefficient (Wildman–Crippen LogP) is 1.86. The van der Waals surface area contributed by atoms with Crippen molar-refractivity contribution in [2.24, 2.45) is 5.73 Å². The molecule has 0 spiro atoms. The molecule has 16 heavy (non-hydrogen) atoms. The molecule has 0 saturated heterocycles. The fourth-order valence-electron chi connectivity index (χ4n) is 1.20. The van der Waals surface area contributed by atoms with E-state index in [-0.39, 0.29) is 5.54 Å². The first-order valence-electron chi connectivity index (χ1n) is 5.55. The Balaban J connectivity index is 2.67. The third kappa shape index (κ3) is 3.22. The second kappa shape index (κ2) is 5.32. The Hall–Kier alpha value is -1.06. The monoisotopic (exact) mass is 222 g/mol. The van der Waals surface area contributed by atoms with Gasteiger partial charge in [0.05, 0.1) is 0 Å². The lowest BCUT2D eigenvalue weighted by molar-refractivity contribution is 0.113. The van der Waals surface area contributed by atoms with Gasteiger partial charge in [0.2, 0.25) is 0 Å². The van der Waals surface area contributed by atoms with E-state index in [1.54, 1.807) is 0 Å². The van der Waals surface area contributed by atoms with Crippen LogP contribution in [-0.4, -0.2) is 31.1 Å². The second-order valence-corrected chi connectivity index (χ2v) is 4.81. The molecule has 90 valence electrons. The molecule has 0 bridgehead atoms. The topological polar surface area (TPSA) is 38.5 Å². The van der Waals surface area contributed by atoms with Crippen LogP contribution in [0, 0.1) is 0 Å². The zero-order valence-corrected chi connectivity index (χ0v) is 10.7. The zero-order chi connectivity index (χ0) is 12.2. The summed E-state index contributed by atoms with van der Waals surface area (Å²) in [5.74, 6) is 0.889. The van der Waals surface area contributed by atoms with Crippen molar-refractivity contribution in [1.82, 2.24) is 4.90 Å². The van der Waals surface area contributed by atoms with Gasteiger partial charge in [0.15, 0.2) is 0 Å². The molecule has 0 fully saturated rings. The zero-order valence-electron chi connectivity index (χ0n) is 10.7. The summed E-state index contributed by atoms with van der Waals surface area (Å²) in [4.78, 5) is 2.15. The molecule has 1 aromatic carbocycles. The SMILES string of the molecule is CN(C)C(C)(C)COc1ccccc1CN. The standard InChI is InChI=1S/C13H22N2O/c1-13(2,15(3)4)10-16-12-8-6-5-7-11(12)9-14/h5-8H,9-10,14H2,1-4H3. The highest BCUT2D eigenvalue weighted by Gasteiger charge is 2.21. The molecule has 0 radical (unpaired) electrons. The summed E-state index contributed by atoms with van der Waals surface area (Å²) in [7, 11) is 4.11. The van der Waals surface area contributed by atoms with E-state index in [2.05, 4.69) is 32.8 Å². The minimum absolute atomic E-state index is 0.0156. The van der Waals surface area contributed by atoms with Gasteiger partial charge in [-0.2, -0.15) is 0 Å². The molecule has 3 heteroatoms. The van der Waals surface area contributed by atoms with Crippen LogP contribution in [0.25, 0.3) is 0 Å².